The quantitative estimate of drug-likeness (QED) is 0.882. The summed E-state index contributed by atoms with van der Waals surface area (Å²) in [5.74, 6) is 5.84. The molecule has 0 bridgehead atoms. The van der Waals surface area contributed by atoms with Gasteiger partial charge in [-0.25, -0.2) is 9.37 Å². The number of thiazole rings is 1. The van der Waals surface area contributed by atoms with E-state index in [1.54, 1.807) is 23.5 Å². The van der Waals surface area contributed by atoms with Crippen LogP contribution in [0, 0.1) is 17.7 Å². The number of halogens is 1. The normalized spacial score (nSPS) is 13.3. The molecule has 1 fully saturated rings. The zero-order chi connectivity index (χ0) is 15.4. The van der Waals surface area contributed by atoms with Gasteiger partial charge in [0.1, 0.15) is 5.82 Å². The lowest BCUT2D eigenvalue weighted by molar-refractivity contribution is -0.120. The molecule has 5 heteroatoms. The first-order chi connectivity index (χ1) is 10.7. The smallest absolute Gasteiger partial charge is 0.226 e. The van der Waals surface area contributed by atoms with Gasteiger partial charge in [0.2, 0.25) is 5.91 Å². The van der Waals surface area contributed by atoms with Gasteiger partial charge in [0.15, 0.2) is 0 Å². The van der Waals surface area contributed by atoms with Crippen molar-refractivity contribution >= 4 is 17.2 Å². The Morgan fingerprint density at radius 2 is 2.32 bits per heavy atom. The van der Waals surface area contributed by atoms with Gasteiger partial charge in [-0.15, -0.1) is 11.3 Å². The molecule has 1 N–H and O–H groups in total. The Hall–Kier alpha value is -2.19. The maximum absolute atomic E-state index is 13.0. The number of rotatable bonds is 4. The topological polar surface area (TPSA) is 42.0 Å². The molecule has 3 rings (SSSR count). The van der Waals surface area contributed by atoms with E-state index < -0.39 is 0 Å². The van der Waals surface area contributed by atoms with Gasteiger partial charge >= 0.3 is 0 Å². The average Bonchev–Trinajstić information content (AvgIpc) is 3.24. The third kappa shape index (κ3) is 4.15. The molecule has 0 saturated heterocycles. The summed E-state index contributed by atoms with van der Waals surface area (Å²) < 4.78 is 13.0. The maximum atomic E-state index is 13.0. The molecule has 22 heavy (non-hydrogen) atoms. The second-order valence-corrected chi connectivity index (χ2v) is 6.11. The van der Waals surface area contributed by atoms with Crippen LogP contribution in [0.25, 0.3) is 0 Å². The summed E-state index contributed by atoms with van der Waals surface area (Å²) in [7, 11) is 0. The van der Waals surface area contributed by atoms with E-state index in [1.165, 1.54) is 25.0 Å². The first kappa shape index (κ1) is 14.7. The van der Waals surface area contributed by atoms with Gasteiger partial charge in [-0.2, -0.15) is 0 Å². The fourth-order valence-corrected chi connectivity index (χ4v) is 2.99. The molecule has 1 aromatic heterocycles. The number of hydrogen-bond acceptors (Lipinski definition) is 3. The molecule has 1 saturated carbocycles. The molecule has 2 aromatic rings. The maximum Gasteiger partial charge on any atom is 0.226 e. The van der Waals surface area contributed by atoms with Gasteiger partial charge in [-0.1, -0.05) is 17.9 Å². The number of carbonyl (C=O) groups excluding carboxylic acids is 1. The number of amides is 1. The zero-order valence-corrected chi connectivity index (χ0v) is 12.8. The van der Waals surface area contributed by atoms with Crippen molar-refractivity contribution < 1.29 is 9.18 Å². The molecule has 0 spiro atoms. The molecule has 0 radical (unpaired) electrons. The summed E-state index contributed by atoms with van der Waals surface area (Å²) in [6.07, 6.45) is 2.72. The first-order valence-corrected chi connectivity index (χ1v) is 8.04. The average molecular weight is 314 g/mol. The summed E-state index contributed by atoms with van der Waals surface area (Å²) in [5, 5.41) is 5.83. The van der Waals surface area contributed by atoms with Gasteiger partial charge in [-0.05, 0) is 31.0 Å². The van der Waals surface area contributed by atoms with Gasteiger partial charge in [0.05, 0.1) is 23.7 Å². The second kappa shape index (κ2) is 6.71. The molecular formula is C17H15FN2OS. The van der Waals surface area contributed by atoms with Crippen LogP contribution in [-0.4, -0.2) is 17.4 Å². The number of nitrogens with one attached hydrogen (secondary N) is 1. The second-order valence-electron chi connectivity index (χ2n) is 5.22. The summed E-state index contributed by atoms with van der Waals surface area (Å²) in [4.78, 5) is 16.3. The van der Waals surface area contributed by atoms with Crippen LogP contribution in [0.2, 0.25) is 0 Å². The third-order valence-electron chi connectivity index (χ3n) is 3.27. The number of nitrogens with zero attached hydrogens (tertiary/aromatic N) is 1. The van der Waals surface area contributed by atoms with Crippen LogP contribution in [0.15, 0.2) is 29.6 Å². The van der Waals surface area contributed by atoms with Gasteiger partial charge in [-0.3, -0.25) is 4.79 Å². The van der Waals surface area contributed by atoms with Crippen molar-refractivity contribution in [1.29, 1.82) is 0 Å². The number of benzene rings is 1. The summed E-state index contributed by atoms with van der Waals surface area (Å²) in [6.45, 7) is 0.245. The number of carbonyl (C=O) groups is 1. The highest BCUT2D eigenvalue weighted by molar-refractivity contribution is 7.09. The van der Waals surface area contributed by atoms with Crippen LogP contribution in [0.4, 0.5) is 4.39 Å². The van der Waals surface area contributed by atoms with Gasteiger partial charge < -0.3 is 5.32 Å². The van der Waals surface area contributed by atoms with E-state index in [4.69, 9.17) is 0 Å². The van der Waals surface area contributed by atoms with Crippen LogP contribution in [0.1, 0.15) is 35.0 Å². The monoisotopic (exact) mass is 314 g/mol. The van der Waals surface area contributed by atoms with Crippen molar-refractivity contribution in [3.8, 4) is 11.8 Å². The van der Waals surface area contributed by atoms with E-state index in [1.807, 2.05) is 5.38 Å². The van der Waals surface area contributed by atoms with E-state index in [2.05, 4.69) is 22.1 Å². The van der Waals surface area contributed by atoms with E-state index in [0.717, 1.165) is 10.7 Å². The van der Waals surface area contributed by atoms with Gasteiger partial charge in [0.25, 0.3) is 0 Å². The minimum Gasteiger partial charge on any atom is -0.345 e. The van der Waals surface area contributed by atoms with Gasteiger partial charge in [0, 0.05) is 16.9 Å². The summed E-state index contributed by atoms with van der Waals surface area (Å²) in [6, 6.07) is 6.07. The van der Waals surface area contributed by atoms with Crippen LogP contribution in [0.3, 0.4) is 0 Å². The standard InChI is InChI=1S/C17H15FN2OS/c18-14-5-1-3-12(9-14)4-2-8-19-16(21)10-15-11-22-17(20-15)13-6-7-13/h1,3,5,9,11,13H,6-8,10H2,(H,19,21). The molecule has 1 aliphatic carbocycles. The van der Waals surface area contributed by atoms with Crippen molar-refractivity contribution in [1.82, 2.24) is 10.3 Å². The van der Waals surface area contributed by atoms with Crippen molar-refractivity contribution in [2.45, 2.75) is 25.2 Å². The fourth-order valence-electron chi connectivity index (χ4n) is 2.00. The third-order valence-corrected chi connectivity index (χ3v) is 4.33. The van der Waals surface area contributed by atoms with Crippen molar-refractivity contribution in [2.24, 2.45) is 0 Å². The van der Waals surface area contributed by atoms with Crippen LogP contribution >= 0.6 is 11.3 Å². The Labute approximate surface area is 132 Å². The lowest BCUT2D eigenvalue weighted by atomic mass is 10.2. The van der Waals surface area contributed by atoms with Crippen molar-refractivity contribution in [2.75, 3.05) is 6.54 Å². The molecule has 1 aromatic carbocycles. The molecule has 0 aliphatic heterocycles. The molecule has 3 nitrogen and oxygen atoms in total. The molecule has 112 valence electrons. The van der Waals surface area contributed by atoms with E-state index in [0.29, 0.717) is 11.5 Å². The highest BCUT2D eigenvalue weighted by Crippen LogP contribution is 2.41. The predicted molar refractivity (Wildman–Crippen MR) is 84.1 cm³/mol. The summed E-state index contributed by atoms with van der Waals surface area (Å²) >= 11 is 1.63. The molecule has 0 atom stereocenters. The Morgan fingerprint density at radius 3 is 3.09 bits per heavy atom. The molecule has 1 amide bonds. The lowest BCUT2D eigenvalue weighted by Gasteiger charge is -1.98. The van der Waals surface area contributed by atoms with Crippen molar-refractivity contribution in [3.05, 3.63) is 51.7 Å². The molecular weight excluding hydrogens is 299 g/mol. The fraction of sp³-hybridized carbons (Fsp3) is 0.294. The Bertz CT molecular complexity index is 740. The zero-order valence-electron chi connectivity index (χ0n) is 11.9. The number of aromatic nitrogens is 1. The minimum atomic E-state index is -0.314. The molecule has 1 heterocycles. The minimum absolute atomic E-state index is 0.0961. The highest BCUT2D eigenvalue weighted by Gasteiger charge is 2.26. The molecule has 1 aliphatic rings. The Morgan fingerprint density at radius 1 is 1.45 bits per heavy atom. The van der Waals surface area contributed by atoms with E-state index >= 15 is 0 Å². The largest absolute Gasteiger partial charge is 0.345 e. The van der Waals surface area contributed by atoms with Crippen molar-refractivity contribution in [3.63, 3.8) is 0 Å². The van der Waals surface area contributed by atoms with E-state index in [9.17, 15) is 9.18 Å². The Balaban J connectivity index is 1.46. The van der Waals surface area contributed by atoms with Crippen LogP contribution < -0.4 is 5.32 Å². The Kier molecular flexibility index (Phi) is 4.50. The predicted octanol–water partition coefficient (Wildman–Crippen LogP) is 2.87. The highest BCUT2D eigenvalue weighted by atomic mass is 32.1. The summed E-state index contributed by atoms with van der Waals surface area (Å²) in [5.41, 5.74) is 1.42. The number of hydrogen-bond donors (Lipinski definition) is 1. The first-order valence-electron chi connectivity index (χ1n) is 7.16. The molecule has 0 unspecified atom stereocenters. The lowest BCUT2D eigenvalue weighted by Crippen LogP contribution is -2.25. The SMILES string of the molecule is O=C(Cc1csc(C2CC2)n1)NCC#Cc1cccc(F)c1. The van der Waals surface area contributed by atoms with E-state index in [-0.39, 0.29) is 24.7 Å². The van der Waals surface area contributed by atoms with Crippen LogP contribution in [0.5, 0.6) is 0 Å². The van der Waals surface area contributed by atoms with Crippen LogP contribution in [-0.2, 0) is 11.2 Å².